The van der Waals surface area contributed by atoms with Crippen molar-refractivity contribution in [2.24, 2.45) is 0 Å². The molecule has 0 saturated carbocycles. The number of carbonyl (C=O) groups excluding carboxylic acids is 1. The number of rotatable bonds is 63. The lowest BCUT2D eigenvalue weighted by Crippen LogP contribution is -2.65. The van der Waals surface area contributed by atoms with Gasteiger partial charge in [-0.25, -0.2) is 0 Å². The summed E-state index contributed by atoms with van der Waals surface area (Å²) in [5, 5.41) is 87.7. The summed E-state index contributed by atoms with van der Waals surface area (Å²) in [5.41, 5.74) is 0. The van der Waals surface area contributed by atoms with E-state index >= 15 is 0 Å². The second-order valence-corrected chi connectivity index (χ2v) is 26.8. The van der Waals surface area contributed by atoms with E-state index in [0.717, 1.165) is 51.4 Å². The summed E-state index contributed by atoms with van der Waals surface area (Å²) in [4.78, 5) is 13.4. The summed E-state index contributed by atoms with van der Waals surface area (Å²) in [6, 6.07) is -0.825. The van der Waals surface area contributed by atoms with Crippen molar-refractivity contribution in [3.05, 3.63) is 0 Å². The lowest BCUT2D eigenvalue weighted by Gasteiger charge is -2.46. The Morgan fingerprint density at radius 1 is 0.372 bits per heavy atom. The molecule has 2 rings (SSSR count). The van der Waals surface area contributed by atoms with E-state index in [1.165, 1.54) is 283 Å². The first kappa shape index (κ1) is 81.1. The van der Waals surface area contributed by atoms with Crippen molar-refractivity contribution in [2.75, 3.05) is 19.8 Å². The number of amides is 1. The van der Waals surface area contributed by atoms with Crippen LogP contribution in [0.25, 0.3) is 0 Å². The summed E-state index contributed by atoms with van der Waals surface area (Å²) >= 11 is 0. The summed E-state index contributed by atoms with van der Waals surface area (Å²) in [6.07, 6.45) is 52.7. The summed E-state index contributed by atoms with van der Waals surface area (Å²) in [5.74, 6) is -0.196. The van der Waals surface area contributed by atoms with E-state index in [2.05, 4.69) is 19.2 Å². The first-order chi connectivity index (χ1) is 42.1. The van der Waals surface area contributed by atoms with Gasteiger partial charge in [0.05, 0.1) is 32.0 Å². The van der Waals surface area contributed by atoms with E-state index in [9.17, 15) is 45.6 Å². The monoisotopic (exact) mass is 1230 g/mol. The molecule has 2 fully saturated rings. The Morgan fingerprint density at radius 2 is 0.663 bits per heavy atom. The first-order valence-corrected chi connectivity index (χ1v) is 37.3. The lowest BCUT2D eigenvalue weighted by molar-refractivity contribution is -0.359. The van der Waals surface area contributed by atoms with Gasteiger partial charge in [0.25, 0.3) is 0 Å². The summed E-state index contributed by atoms with van der Waals surface area (Å²) in [6.45, 7) is 2.94. The van der Waals surface area contributed by atoms with Crippen molar-refractivity contribution in [1.29, 1.82) is 0 Å². The Bertz CT molecular complexity index is 1450. The van der Waals surface area contributed by atoms with Gasteiger partial charge in [-0.2, -0.15) is 0 Å². The third kappa shape index (κ3) is 41.5. The van der Waals surface area contributed by atoms with Crippen molar-refractivity contribution >= 4 is 5.91 Å². The maximum atomic E-state index is 13.4. The van der Waals surface area contributed by atoms with Crippen LogP contribution in [0.5, 0.6) is 0 Å². The average Bonchev–Trinajstić information content (AvgIpc) is 2.66. The number of unbranched alkanes of at least 4 members (excludes halogenated alkanes) is 50. The van der Waals surface area contributed by atoms with Crippen LogP contribution in [-0.2, 0) is 23.7 Å². The molecule has 0 aromatic heterocycles. The third-order valence-corrected chi connectivity index (χ3v) is 18.8. The summed E-state index contributed by atoms with van der Waals surface area (Å²) in [7, 11) is 0. The van der Waals surface area contributed by atoms with Crippen LogP contribution in [0, 0.1) is 0 Å². The van der Waals surface area contributed by atoms with Crippen LogP contribution in [0.2, 0.25) is 0 Å². The molecule has 0 aromatic rings. The van der Waals surface area contributed by atoms with Gasteiger partial charge in [0.15, 0.2) is 12.6 Å². The van der Waals surface area contributed by atoms with E-state index in [1.54, 1.807) is 0 Å². The van der Waals surface area contributed by atoms with Gasteiger partial charge in [0, 0.05) is 6.42 Å². The fourth-order valence-corrected chi connectivity index (χ4v) is 12.9. The van der Waals surface area contributed by atoms with Crippen LogP contribution in [0.3, 0.4) is 0 Å². The third-order valence-electron chi connectivity index (χ3n) is 18.8. The molecule has 0 spiro atoms. The number of aliphatic hydroxyl groups is 8. The highest BCUT2D eigenvalue weighted by atomic mass is 16.7. The molecule has 0 aliphatic carbocycles. The van der Waals surface area contributed by atoms with Gasteiger partial charge in [-0.1, -0.05) is 341 Å². The Morgan fingerprint density at radius 3 is 0.988 bits per heavy atom. The minimum Gasteiger partial charge on any atom is -0.394 e. The zero-order valence-corrected chi connectivity index (χ0v) is 55.9. The fraction of sp³-hybridized carbons (Fsp3) is 0.986. The zero-order chi connectivity index (χ0) is 62.3. The quantitative estimate of drug-likeness (QED) is 0.0259. The Kier molecular flexibility index (Phi) is 54.5. The van der Waals surface area contributed by atoms with Crippen LogP contribution >= 0.6 is 0 Å². The van der Waals surface area contributed by atoms with E-state index in [1.807, 2.05) is 0 Å². The van der Waals surface area contributed by atoms with Crippen molar-refractivity contribution < 1.29 is 64.6 Å². The molecular weight excluding hydrogens is 1090 g/mol. The number of aliphatic hydroxyl groups excluding tert-OH is 8. The fourth-order valence-electron chi connectivity index (χ4n) is 12.9. The molecule has 0 aromatic carbocycles. The maximum Gasteiger partial charge on any atom is 0.220 e. The molecule has 86 heavy (non-hydrogen) atoms. The Balaban J connectivity index is 1.64. The minimum absolute atomic E-state index is 0.196. The average molecular weight is 1230 g/mol. The van der Waals surface area contributed by atoms with Gasteiger partial charge in [0.1, 0.15) is 48.8 Å². The number of nitrogens with one attached hydrogen (secondary N) is 1. The highest BCUT2D eigenvalue weighted by Crippen LogP contribution is 2.30. The SMILES string of the molecule is CCCCCCCCCCCCCCCCCCCCCCCCCCCCCC(O)C(COC1OC(CO)C(OC2OC(CO)C(O)C(O)C2O)C(O)C1O)NC(=O)CCCCCCCCCCCCCCCCCCCCCCCCCCC. The molecule has 14 nitrogen and oxygen atoms in total. The molecule has 2 aliphatic rings. The maximum absolute atomic E-state index is 13.4. The number of hydrogen-bond acceptors (Lipinski definition) is 13. The zero-order valence-electron chi connectivity index (χ0n) is 55.9. The largest absolute Gasteiger partial charge is 0.394 e. The summed E-state index contributed by atoms with van der Waals surface area (Å²) < 4.78 is 23.0. The van der Waals surface area contributed by atoms with E-state index in [0.29, 0.717) is 12.8 Å². The van der Waals surface area contributed by atoms with Gasteiger partial charge in [0.2, 0.25) is 5.91 Å². The lowest BCUT2D eigenvalue weighted by atomic mass is 9.97. The van der Waals surface area contributed by atoms with Gasteiger partial charge >= 0.3 is 0 Å². The second kappa shape index (κ2) is 57.9. The molecule has 2 heterocycles. The van der Waals surface area contributed by atoms with E-state index in [4.69, 9.17) is 18.9 Å². The minimum atomic E-state index is -1.78. The molecule has 0 bridgehead atoms. The van der Waals surface area contributed by atoms with Crippen molar-refractivity contribution in [1.82, 2.24) is 5.32 Å². The molecule has 2 aliphatic heterocycles. The Hall–Kier alpha value is -1.01. The van der Waals surface area contributed by atoms with Gasteiger partial charge in [-0.3, -0.25) is 4.79 Å². The van der Waals surface area contributed by atoms with Crippen LogP contribution in [0.1, 0.15) is 361 Å². The van der Waals surface area contributed by atoms with Crippen molar-refractivity contribution in [3.63, 3.8) is 0 Å². The second-order valence-electron chi connectivity index (χ2n) is 26.8. The van der Waals surface area contributed by atoms with Crippen LogP contribution < -0.4 is 5.32 Å². The molecule has 12 atom stereocenters. The molecule has 12 unspecified atom stereocenters. The van der Waals surface area contributed by atoms with Crippen molar-refractivity contribution in [3.8, 4) is 0 Å². The molecule has 0 radical (unpaired) electrons. The number of carbonyl (C=O) groups is 1. The standard InChI is InChI=1S/C72H141NO13/c1-3-5-7-9-11-13-15-17-19-21-23-25-27-29-30-32-33-35-37-39-41-43-45-47-49-51-53-55-61(76)60(59-83-71-69(82)67(80)70(63(58-75)85-71)86-72-68(81)66(79)65(78)62(57-74)84-72)73-64(77)56-54-52-50-48-46-44-42-40-38-36-34-31-28-26-24-22-20-18-16-14-12-10-8-6-4-2/h60-63,65-72,74-76,78-82H,3-59H2,1-2H3,(H,73,77). The van der Waals surface area contributed by atoms with E-state index < -0.39 is 86.8 Å². The van der Waals surface area contributed by atoms with Gasteiger partial charge < -0.3 is 65.1 Å². The highest BCUT2D eigenvalue weighted by molar-refractivity contribution is 5.76. The first-order valence-electron chi connectivity index (χ1n) is 37.3. The van der Waals surface area contributed by atoms with Crippen LogP contribution in [0.15, 0.2) is 0 Å². The van der Waals surface area contributed by atoms with Crippen LogP contribution in [0.4, 0.5) is 0 Å². The molecule has 2 saturated heterocycles. The molecular formula is C72H141NO13. The molecule has 512 valence electrons. The molecule has 14 heteroatoms. The van der Waals surface area contributed by atoms with Gasteiger partial charge in [-0.15, -0.1) is 0 Å². The number of hydrogen-bond donors (Lipinski definition) is 9. The molecule has 1 amide bonds. The Labute approximate surface area is 527 Å². The van der Waals surface area contributed by atoms with Crippen molar-refractivity contribution in [2.45, 2.75) is 434 Å². The normalized spacial score (nSPS) is 23.3. The highest BCUT2D eigenvalue weighted by Gasteiger charge is 2.51. The predicted octanol–water partition coefficient (Wildman–Crippen LogP) is 15.6. The number of ether oxygens (including phenoxy) is 4. The van der Waals surface area contributed by atoms with Gasteiger partial charge in [-0.05, 0) is 12.8 Å². The van der Waals surface area contributed by atoms with Crippen LogP contribution in [-0.4, -0.2) is 140 Å². The smallest absolute Gasteiger partial charge is 0.220 e. The van der Waals surface area contributed by atoms with E-state index in [-0.39, 0.29) is 12.5 Å². The molecule has 9 N–H and O–H groups in total. The topological polar surface area (TPSA) is 228 Å². The predicted molar refractivity (Wildman–Crippen MR) is 351 cm³/mol.